The molecule has 1 aromatic heterocycles. The number of hydrogen-bond donors (Lipinski definition) is 2. The van der Waals surface area contributed by atoms with E-state index < -0.39 is 0 Å². The van der Waals surface area contributed by atoms with E-state index in [-0.39, 0.29) is 18.4 Å². The lowest BCUT2D eigenvalue weighted by molar-refractivity contribution is -0.140. The van der Waals surface area contributed by atoms with Gasteiger partial charge in [-0.25, -0.2) is 0 Å². The van der Waals surface area contributed by atoms with Crippen molar-refractivity contribution in [2.45, 2.75) is 26.7 Å². The zero-order valence-electron chi connectivity index (χ0n) is 15.7. The first-order valence-electron chi connectivity index (χ1n) is 9.40. The Balaban J connectivity index is 1.43. The molecule has 0 bridgehead atoms. The van der Waals surface area contributed by atoms with Gasteiger partial charge in [0, 0.05) is 37.3 Å². The number of nitrogens with zero attached hydrogens (tertiary/aromatic N) is 2. The number of H-pyrrole nitrogens is 1. The van der Waals surface area contributed by atoms with Crippen molar-refractivity contribution < 1.29 is 9.59 Å². The van der Waals surface area contributed by atoms with Crippen LogP contribution in [-0.2, 0) is 16.0 Å². The topological polar surface area (TPSA) is 68.4 Å². The first-order valence-corrected chi connectivity index (χ1v) is 9.40. The van der Waals surface area contributed by atoms with Crippen LogP contribution in [0.1, 0.15) is 24.6 Å². The Labute approximate surface area is 154 Å². The number of rotatable bonds is 7. The molecule has 2 aromatic rings. The Morgan fingerprint density at radius 2 is 2.12 bits per heavy atom. The smallest absolute Gasteiger partial charge is 0.239 e. The molecule has 2 amide bonds. The third kappa shape index (κ3) is 4.64. The van der Waals surface area contributed by atoms with Crippen molar-refractivity contribution in [1.82, 2.24) is 20.1 Å². The second kappa shape index (κ2) is 8.36. The van der Waals surface area contributed by atoms with Crippen LogP contribution in [0.3, 0.4) is 0 Å². The SMILES string of the molecule is CCCN1CCN(CC(=O)NCCc2cc3cc(C)ccc3[nH]2)C(=O)C1. The van der Waals surface area contributed by atoms with E-state index in [2.05, 4.69) is 53.3 Å². The summed E-state index contributed by atoms with van der Waals surface area (Å²) in [5.41, 5.74) is 3.46. The molecule has 1 fully saturated rings. The van der Waals surface area contributed by atoms with E-state index in [0.29, 0.717) is 19.6 Å². The van der Waals surface area contributed by atoms with E-state index in [4.69, 9.17) is 0 Å². The van der Waals surface area contributed by atoms with Crippen molar-refractivity contribution in [1.29, 1.82) is 0 Å². The van der Waals surface area contributed by atoms with Gasteiger partial charge in [0.2, 0.25) is 11.8 Å². The molecule has 2 heterocycles. The highest BCUT2D eigenvalue weighted by atomic mass is 16.2. The molecule has 0 unspecified atom stereocenters. The average Bonchev–Trinajstić information content (AvgIpc) is 2.99. The van der Waals surface area contributed by atoms with Gasteiger partial charge in [0.1, 0.15) is 0 Å². The number of aromatic amines is 1. The van der Waals surface area contributed by atoms with Gasteiger partial charge >= 0.3 is 0 Å². The Morgan fingerprint density at radius 1 is 1.27 bits per heavy atom. The summed E-state index contributed by atoms with van der Waals surface area (Å²) in [7, 11) is 0. The first kappa shape index (κ1) is 18.5. The van der Waals surface area contributed by atoms with Crippen molar-refractivity contribution in [2.24, 2.45) is 0 Å². The van der Waals surface area contributed by atoms with Crippen molar-refractivity contribution in [3.05, 3.63) is 35.5 Å². The molecule has 1 saturated heterocycles. The molecule has 0 saturated carbocycles. The number of piperazine rings is 1. The van der Waals surface area contributed by atoms with Crippen molar-refractivity contribution in [3.8, 4) is 0 Å². The second-order valence-electron chi connectivity index (χ2n) is 7.08. The van der Waals surface area contributed by atoms with E-state index >= 15 is 0 Å². The van der Waals surface area contributed by atoms with Crippen LogP contribution >= 0.6 is 0 Å². The molecule has 6 nitrogen and oxygen atoms in total. The number of aryl methyl sites for hydroxylation is 1. The molecule has 1 aliphatic heterocycles. The molecule has 2 N–H and O–H groups in total. The fourth-order valence-corrected chi connectivity index (χ4v) is 3.44. The number of benzene rings is 1. The third-order valence-corrected chi connectivity index (χ3v) is 4.82. The molecule has 26 heavy (non-hydrogen) atoms. The van der Waals surface area contributed by atoms with E-state index in [1.165, 1.54) is 10.9 Å². The van der Waals surface area contributed by atoms with E-state index in [9.17, 15) is 9.59 Å². The Bertz CT molecular complexity index is 783. The normalized spacial score (nSPS) is 15.6. The van der Waals surface area contributed by atoms with E-state index in [0.717, 1.165) is 37.1 Å². The molecule has 0 radical (unpaired) electrons. The second-order valence-corrected chi connectivity index (χ2v) is 7.08. The quantitative estimate of drug-likeness (QED) is 0.793. The summed E-state index contributed by atoms with van der Waals surface area (Å²) in [6.07, 6.45) is 1.79. The van der Waals surface area contributed by atoms with Crippen molar-refractivity contribution >= 4 is 22.7 Å². The number of carbonyl (C=O) groups is 2. The fourth-order valence-electron chi connectivity index (χ4n) is 3.44. The molecule has 0 aliphatic carbocycles. The minimum atomic E-state index is -0.0887. The van der Waals surface area contributed by atoms with Crippen LogP contribution in [0, 0.1) is 6.92 Å². The molecular weight excluding hydrogens is 328 g/mol. The molecule has 0 spiro atoms. The zero-order chi connectivity index (χ0) is 18.5. The molecule has 1 aliphatic rings. The van der Waals surface area contributed by atoms with Gasteiger partial charge in [-0.1, -0.05) is 18.6 Å². The molecule has 6 heteroatoms. The van der Waals surface area contributed by atoms with E-state index in [1.807, 2.05) is 0 Å². The first-order chi connectivity index (χ1) is 12.5. The van der Waals surface area contributed by atoms with Crippen LogP contribution in [0.5, 0.6) is 0 Å². The lowest BCUT2D eigenvalue weighted by atomic mass is 10.2. The number of amides is 2. The van der Waals surface area contributed by atoms with Crippen LogP contribution in [0.15, 0.2) is 24.3 Å². The molecule has 0 atom stereocenters. The van der Waals surface area contributed by atoms with Gasteiger partial charge in [0.25, 0.3) is 0 Å². The minimum absolute atomic E-state index is 0.0471. The van der Waals surface area contributed by atoms with Crippen LogP contribution < -0.4 is 5.32 Å². The monoisotopic (exact) mass is 356 g/mol. The highest BCUT2D eigenvalue weighted by Gasteiger charge is 2.24. The van der Waals surface area contributed by atoms with Crippen molar-refractivity contribution in [3.63, 3.8) is 0 Å². The van der Waals surface area contributed by atoms with Crippen molar-refractivity contribution in [2.75, 3.05) is 39.3 Å². The minimum Gasteiger partial charge on any atom is -0.358 e. The Morgan fingerprint density at radius 3 is 2.88 bits per heavy atom. The molecule has 1 aromatic carbocycles. The van der Waals surface area contributed by atoms with Gasteiger partial charge in [-0.2, -0.15) is 0 Å². The Hall–Kier alpha value is -2.34. The molecule has 3 rings (SSSR count). The average molecular weight is 356 g/mol. The summed E-state index contributed by atoms with van der Waals surface area (Å²) in [6.45, 7) is 7.76. The summed E-state index contributed by atoms with van der Waals surface area (Å²) in [5, 5.41) is 4.12. The van der Waals surface area contributed by atoms with Gasteiger partial charge in [-0.3, -0.25) is 14.5 Å². The maximum atomic E-state index is 12.1. The highest BCUT2D eigenvalue weighted by molar-refractivity contribution is 5.86. The number of aromatic nitrogens is 1. The molecule has 140 valence electrons. The summed E-state index contributed by atoms with van der Waals surface area (Å²) >= 11 is 0. The van der Waals surface area contributed by atoms with Crippen LogP contribution in [0.4, 0.5) is 0 Å². The maximum Gasteiger partial charge on any atom is 0.239 e. The maximum absolute atomic E-state index is 12.1. The fraction of sp³-hybridized carbons (Fsp3) is 0.500. The van der Waals surface area contributed by atoms with Gasteiger partial charge in [-0.05, 0) is 43.5 Å². The summed E-state index contributed by atoms with van der Waals surface area (Å²) < 4.78 is 0. The lowest BCUT2D eigenvalue weighted by Gasteiger charge is -2.33. The van der Waals surface area contributed by atoms with Gasteiger partial charge < -0.3 is 15.2 Å². The number of hydrogen-bond acceptors (Lipinski definition) is 3. The van der Waals surface area contributed by atoms with Gasteiger partial charge in [0.15, 0.2) is 0 Å². The number of fused-ring (bicyclic) bond motifs is 1. The van der Waals surface area contributed by atoms with Crippen LogP contribution in [-0.4, -0.2) is 65.9 Å². The summed E-state index contributed by atoms with van der Waals surface area (Å²) in [5.74, 6) is -0.0416. The number of nitrogens with one attached hydrogen (secondary N) is 2. The standard InChI is InChI=1S/C20H28N4O2/c1-3-8-23-9-10-24(20(26)14-23)13-19(25)21-7-6-17-12-16-11-15(2)4-5-18(16)22-17/h4-5,11-12,22H,3,6-10,13-14H2,1-2H3,(H,21,25). The third-order valence-electron chi connectivity index (χ3n) is 4.82. The van der Waals surface area contributed by atoms with Crippen LogP contribution in [0.2, 0.25) is 0 Å². The van der Waals surface area contributed by atoms with Gasteiger partial charge in [0.05, 0.1) is 13.1 Å². The van der Waals surface area contributed by atoms with Crippen LogP contribution in [0.25, 0.3) is 10.9 Å². The van der Waals surface area contributed by atoms with E-state index in [1.54, 1.807) is 4.90 Å². The predicted octanol–water partition coefficient (Wildman–Crippen LogP) is 1.69. The largest absolute Gasteiger partial charge is 0.358 e. The Kier molecular flexibility index (Phi) is 5.93. The number of carbonyl (C=O) groups excluding carboxylic acids is 2. The predicted molar refractivity (Wildman–Crippen MR) is 103 cm³/mol. The van der Waals surface area contributed by atoms with Gasteiger partial charge in [-0.15, -0.1) is 0 Å². The highest BCUT2D eigenvalue weighted by Crippen LogP contribution is 2.17. The molecular formula is C20H28N4O2. The zero-order valence-corrected chi connectivity index (χ0v) is 15.7. The summed E-state index contributed by atoms with van der Waals surface area (Å²) in [6, 6.07) is 8.45. The lowest BCUT2D eigenvalue weighted by Crippen LogP contribution is -2.53. The summed E-state index contributed by atoms with van der Waals surface area (Å²) in [4.78, 5) is 31.5.